The summed E-state index contributed by atoms with van der Waals surface area (Å²) in [5, 5.41) is 4.21. The fourth-order valence-electron chi connectivity index (χ4n) is 2.96. The van der Waals surface area contributed by atoms with Crippen LogP contribution in [0.15, 0.2) is 46.0 Å². The van der Waals surface area contributed by atoms with Gasteiger partial charge in [-0.05, 0) is 60.2 Å². The Balaban J connectivity index is 1.76. The van der Waals surface area contributed by atoms with E-state index in [4.69, 9.17) is 0 Å². The summed E-state index contributed by atoms with van der Waals surface area (Å²) >= 11 is 1.68. The van der Waals surface area contributed by atoms with Crippen molar-refractivity contribution in [2.45, 2.75) is 30.6 Å². The summed E-state index contributed by atoms with van der Waals surface area (Å²) in [5.41, 5.74) is 1.74. The number of carbonyl (C=O) groups is 1. The standard InChI is InChI=1S/C17H19NO3S2/c1-13(19)15-3-2-4-17(11-15)23(20,21)18-8-5-14(6-9-18)16-7-10-22-12-16/h2-4,7,10-12,14H,5-6,8-9H2,1H3. The zero-order valence-electron chi connectivity index (χ0n) is 12.9. The van der Waals surface area contributed by atoms with Gasteiger partial charge in [0.25, 0.3) is 0 Å². The summed E-state index contributed by atoms with van der Waals surface area (Å²) < 4.78 is 27.1. The molecule has 0 amide bonds. The number of nitrogens with zero attached hydrogens (tertiary/aromatic N) is 1. The van der Waals surface area contributed by atoms with Crippen molar-refractivity contribution in [3.05, 3.63) is 52.2 Å². The Labute approximate surface area is 140 Å². The predicted molar refractivity (Wildman–Crippen MR) is 91.5 cm³/mol. The smallest absolute Gasteiger partial charge is 0.243 e. The number of sulfonamides is 1. The molecule has 0 aliphatic carbocycles. The topological polar surface area (TPSA) is 54.5 Å². The fraction of sp³-hybridized carbons (Fsp3) is 0.353. The van der Waals surface area contributed by atoms with E-state index >= 15 is 0 Å². The van der Waals surface area contributed by atoms with Gasteiger partial charge < -0.3 is 0 Å². The first-order valence-electron chi connectivity index (χ1n) is 7.62. The zero-order valence-corrected chi connectivity index (χ0v) is 14.6. The Hall–Kier alpha value is -1.50. The van der Waals surface area contributed by atoms with Crippen LogP contribution < -0.4 is 0 Å². The Morgan fingerprint density at radius 1 is 1.22 bits per heavy atom. The molecule has 3 rings (SSSR count). The van der Waals surface area contributed by atoms with Crippen molar-refractivity contribution in [1.82, 2.24) is 4.31 Å². The average molecular weight is 349 g/mol. The van der Waals surface area contributed by atoms with Crippen LogP contribution in [-0.4, -0.2) is 31.6 Å². The van der Waals surface area contributed by atoms with Gasteiger partial charge in [0.2, 0.25) is 10.0 Å². The maximum absolute atomic E-state index is 12.8. The molecule has 1 aromatic heterocycles. The summed E-state index contributed by atoms with van der Waals surface area (Å²) in [6.07, 6.45) is 1.67. The molecule has 0 radical (unpaired) electrons. The van der Waals surface area contributed by atoms with E-state index in [-0.39, 0.29) is 10.7 Å². The number of carbonyl (C=O) groups excluding carboxylic acids is 1. The molecule has 0 N–H and O–H groups in total. The van der Waals surface area contributed by atoms with E-state index in [1.807, 2.05) is 0 Å². The van der Waals surface area contributed by atoms with E-state index < -0.39 is 10.0 Å². The molecule has 0 spiro atoms. The SMILES string of the molecule is CC(=O)c1cccc(S(=O)(=O)N2CCC(c3ccsc3)CC2)c1. The van der Waals surface area contributed by atoms with Crippen molar-refractivity contribution >= 4 is 27.1 Å². The molecule has 0 atom stereocenters. The van der Waals surface area contributed by atoms with Crippen LogP contribution in [-0.2, 0) is 10.0 Å². The number of ketones is 1. The normalized spacial score (nSPS) is 17.3. The predicted octanol–water partition coefficient (Wildman–Crippen LogP) is 3.52. The molecular weight excluding hydrogens is 330 g/mol. The lowest BCUT2D eigenvalue weighted by Crippen LogP contribution is -2.37. The molecular formula is C17H19NO3S2. The molecule has 1 aliphatic rings. The van der Waals surface area contributed by atoms with Crippen LogP contribution in [0.1, 0.15) is 41.6 Å². The first-order valence-corrected chi connectivity index (χ1v) is 10.00. The van der Waals surface area contributed by atoms with Gasteiger partial charge in [0.05, 0.1) is 4.90 Å². The fourth-order valence-corrected chi connectivity index (χ4v) is 5.22. The first-order chi connectivity index (χ1) is 11.0. The van der Waals surface area contributed by atoms with Crippen molar-refractivity contribution in [3.8, 4) is 0 Å². The third kappa shape index (κ3) is 3.39. The zero-order chi connectivity index (χ0) is 16.4. The Kier molecular flexibility index (Phi) is 4.66. The minimum Gasteiger partial charge on any atom is -0.295 e. The number of hydrogen-bond acceptors (Lipinski definition) is 4. The molecule has 2 aromatic rings. The third-order valence-electron chi connectivity index (χ3n) is 4.35. The summed E-state index contributed by atoms with van der Waals surface area (Å²) in [7, 11) is -3.53. The molecule has 0 unspecified atom stereocenters. The van der Waals surface area contributed by atoms with Gasteiger partial charge in [-0.1, -0.05) is 12.1 Å². The minimum atomic E-state index is -3.53. The highest BCUT2D eigenvalue weighted by Gasteiger charge is 2.30. The van der Waals surface area contributed by atoms with Crippen molar-refractivity contribution in [2.24, 2.45) is 0 Å². The van der Waals surface area contributed by atoms with Crippen molar-refractivity contribution < 1.29 is 13.2 Å². The van der Waals surface area contributed by atoms with Crippen molar-refractivity contribution in [3.63, 3.8) is 0 Å². The van der Waals surface area contributed by atoms with Crippen LogP contribution in [0.5, 0.6) is 0 Å². The molecule has 0 bridgehead atoms. The number of thiophene rings is 1. The van der Waals surface area contributed by atoms with Crippen LogP contribution in [0, 0.1) is 0 Å². The van der Waals surface area contributed by atoms with E-state index in [1.54, 1.807) is 29.5 Å². The van der Waals surface area contributed by atoms with Crippen LogP contribution >= 0.6 is 11.3 Å². The molecule has 2 heterocycles. The summed E-state index contributed by atoms with van der Waals surface area (Å²) in [4.78, 5) is 11.7. The lowest BCUT2D eigenvalue weighted by atomic mass is 9.92. The molecule has 1 aliphatic heterocycles. The van der Waals surface area contributed by atoms with E-state index in [2.05, 4.69) is 16.8 Å². The largest absolute Gasteiger partial charge is 0.295 e. The van der Waals surface area contributed by atoms with Crippen molar-refractivity contribution in [2.75, 3.05) is 13.1 Å². The van der Waals surface area contributed by atoms with Gasteiger partial charge in [0.15, 0.2) is 5.78 Å². The Bertz CT molecular complexity index is 789. The lowest BCUT2D eigenvalue weighted by Gasteiger charge is -2.31. The maximum atomic E-state index is 12.8. The van der Waals surface area contributed by atoms with E-state index in [1.165, 1.54) is 22.9 Å². The van der Waals surface area contributed by atoms with Crippen LogP contribution in [0.2, 0.25) is 0 Å². The number of Topliss-reactive ketones (excluding diaryl/α,β-unsaturated/α-hetero) is 1. The second-order valence-electron chi connectivity index (χ2n) is 5.82. The highest BCUT2D eigenvalue weighted by molar-refractivity contribution is 7.89. The van der Waals surface area contributed by atoms with Crippen LogP contribution in [0.4, 0.5) is 0 Å². The van der Waals surface area contributed by atoms with Gasteiger partial charge in [-0.25, -0.2) is 8.42 Å². The highest BCUT2D eigenvalue weighted by atomic mass is 32.2. The van der Waals surface area contributed by atoms with E-state index in [0.29, 0.717) is 24.6 Å². The highest BCUT2D eigenvalue weighted by Crippen LogP contribution is 2.31. The second-order valence-corrected chi connectivity index (χ2v) is 8.54. The summed E-state index contributed by atoms with van der Waals surface area (Å²) in [5.74, 6) is 0.314. The molecule has 1 saturated heterocycles. The van der Waals surface area contributed by atoms with Gasteiger partial charge >= 0.3 is 0 Å². The minimum absolute atomic E-state index is 0.127. The Morgan fingerprint density at radius 2 is 1.96 bits per heavy atom. The molecule has 23 heavy (non-hydrogen) atoms. The van der Waals surface area contributed by atoms with Crippen LogP contribution in [0.25, 0.3) is 0 Å². The van der Waals surface area contributed by atoms with Gasteiger partial charge in [-0.2, -0.15) is 15.6 Å². The summed E-state index contributed by atoms with van der Waals surface area (Å²) in [6, 6.07) is 8.43. The molecule has 1 fully saturated rings. The number of piperidine rings is 1. The Morgan fingerprint density at radius 3 is 2.57 bits per heavy atom. The second kappa shape index (κ2) is 6.55. The monoisotopic (exact) mass is 349 g/mol. The first kappa shape index (κ1) is 16.4. The number of rotatable bonds is 4. The van der Waals surface area contributed by atoms with E-state index in [0.717, 1.165) is 12.8 Å². The third-order valence-corrected chi connectivity index (χ3v) is 6.94. The maximum Gasteiger partial charge on any atom is 0.243 e. The summed E-state index contributed by atoms with van der Waals surface area (Å²) in [6.45, 7) is 2.48. The quantitative estimate of drug-likeness (QED) is 0.794. The molecule has 1 aromatic carbocycles. The van der Waals surface area contributed by atoms with Gasteiger partial charge in [0.1, 0.15) is 0 Å². The molecule has 4 nitrogen and oxygen atoms in total. The van der Waals surface area contributed by atoms with Crippen LogP contribution in [0.3, 0.4) is 0 Å². The van der Waals surface area contributed by atoms with Gasteiger partial charge in [0, 0.05) is 18.7 Å². The average Bonchev–Trinajstić information content (AvgIpc) is 3.09. The molecule has 122 valence electrons. The van der Waals surface area contributed by atoms with Crippen molar-refractivity contribution in [1.29, 1.82) is 0 Å². The number of benzene rings is 1. The molecule has 0 saturated carbocycles. The van der Waals surface area contributed by atoms with Gasteiger partial charge in [-0.15, -0.1) is 0 Å². The number of hydrogen-bond donors (Lipinski definition) is 0. The molecule has 6 heteroatoms. The van der Waals surface area contributed by atoms with E-state index in [9.17, 15) is 13.2 Å². The lowest BCUT2D eigenvalue weighted by molar-refractivity contribution is 0.101. The van der Waals surface area contributed by atoms with Gasteiger partial charge in [-0.3, -0.25) is 4.79 Å².